The van der Waals surface area contributed by atoms with Crippen molar-refractivity contribution in [2.24, 2.45) is 5.41 Å². The number of fused-ring (bicyclic) bond motifs is 3. The highest BCUT2D eigenvalue weighted by molar-refractivity contribution is 5.93. The number of phenols is 1. The second-order valence-electron chi connectivity index (χ2n) is 8.88. The van der Waals surface area contributed by atoms with Crippen LogP contribution in [-0.4, -0.2) is 65.6 Å². The number of esters is 1. The van der Waals surface area contributed by atoms with E-state index < -0.39 is 16.9 Å². The van der Waals surface area contributed by atoms with Crippen LogP contribution in [0.4, 0.5) is 5.69 Å². The Morgan fingerprint density at radius 2 is 2.29 bits per heavy atom. The van der Waals surface area contributed by atoms with Gasteiger partial charge in [0, 0.05) is 35.5 Å². The van der Waals surface area contributed by atoms with Crippen molar-refractivity contribution in [2.75, 3.05) is 25.5 Å². The molecule has 1 aromatic rings. The van der Waals surface area contributed by atoms with Gasteiger partial charge >= 0.3 is 5.97 Å². The van der Waals surface area contributed by atoms with E-state index in [1.54, 1.807) is 12.1 Å². The third kappa shape index (κ3) is 1.70. The number of hydrogen-bond donors (Lipinski definition) is 3. The second kappa shape index (κ2) is 5.09. The van der Waals surface area contributed by atoms with E-state index in [4.69, 9.17) is 9.47 Å². The van der Waals surface area contributed by atoms with Crippen molar-refractivity contribution in [1.29, 1.82) is 0 Å². The summed E-state index contributed by atoms with van der Waals surface area (Å²) < 4.78 is 11.2. The van der Waals surface area contributed by atoms with E-state index in [-0.39, 0.29) is 30.0 Å². The average Bonchev–Trinajstić information content (AvgIpc) is 3.26. The van der Waals surface area contributed by atoms with Crippen LogP contribution in [0.3, 0.4) is 0 Å². The van der Waals surface area contributed by atoms with Crippen LogP contribution < -0.4 is 5.32 Å². The number of carbonyl (C=O) groups excluding carboxylic acids is 1. The molecule has 3 fully saturated rings. The van der Waals surface area contributed by atoms with Gasteiger partial charge in [0.1, 0.15) is 5.75 Å². The first kappa shape index (κ1) is 16.8. The number of methoxy groups -OCH3 is 1. The van der Waals surface area contributed by atoms with Gasteiger partial charge in [-0.25, -0.2) is 4.79 Å². The Bertz CT molecular complexity index is 943. The lowest BCUT2D eigenvalue weighted by Crippen LogP contribution is -2.66. The Kier molecular flexibility index (Phi) is 3.06. The van der Waals surface area contributed by atoms with Crippen molar-refractivity contribution >= 4 is 11.7 Å². The van der Waals surface area contributed by atoms with Crippen LogP contribution >= 0.6 is 0 Å². The summed E-state index contributed by atoms with van der Waals surface area (Å²) in [5, 5.41) is 24.5. The largest absolute Gasteiger partial charge is 0.508 e. The molecule has 0 bridgehead atoms. The number of epoxide rings is 1. The van der Waals surface area contributed by atoms with Gasteiger partial charge in [0.2, 0.25) is 0 Å². The summed E-state index contributed by atoms with van der Waals surface area (Å²) in [4.78, 5) is 15.3. The maximum atomic E-state index is 12.9. The number of hydrogen-bond acceptors (Lipinski definition) is 7. The third-order valence-corrected chi connectivity index (χ3v) is 7.84. The molecule has 3 saturated heterocycles. The fourth-order valence-corrected chi connectivity index (χ4v) is 6.83. The quantitative estimate of drug-likeness (QED) is 0.519. The molecule has 0 amide bonds. The minimum absolute atomic E-state index is 0.0328. The molecule has 6 rings (SSSR count). The van der Waals surface area contributed by atoms with Crippen molar-refractivity contribution in [3.8, 4) is 5.75 Å². The van der Waals surface area contributed by atoms with Crippen molar-refractivity contribution in [2.45, 2.75) is 49.5 Å². The lowest BCUT2D eigenvalue weighted by molar-refractivity contribution is -0.138. The lowest BCUT2D eigenvalue weighted by atomic mass is 9.52. The zero-order valence-corrected chi connectivity index (χ0v) is 15.9. The van der Waals surface area contributed by atoms with E-state index in [0.29, 0.717) is 12.0 Å². The number of piperidine rings is 1. The summed E-state index contributed by atoms with van der Waals surface area (Å²) in [6.45, 7) is 3.57. The van der Waals surface area contributed by atoms with Crippen LogP contribution in [0.25, 0.3) is 0 Å². The standard InChI is InChI=1S/C21H24N2O5/c1-10(24)21-8-12(18(26)27-2)16-20(13-4-3-11(25)7-14(13)22-16)5-6-23(19(20)21)9-15-17(21)28-15/h3-4,7,10,15,17,19,22,24-25H,5-6,8-9H2,1-2H3. The van der Waals surface area contributed by atoms with E-state index >= 15 is 0 Å². The SMILES string of the molecule is COC(=O)C1=C2Nc3cc(O)ccc3C23CCN2CC4OC4C(C(C)O)(C1)C23. The average molecular weight is 384 g/mol. The molecule has 6 atom stereocenters. The first-order chi connectivity index (χ1) is 13.4. The highest BCUT2D eigenvalue weighted by Gasteiger charge is 2.75. The molecular weight excluding hydrogens is 360 g/mol. The molecule has 4 aliphatic heterocycles. The topological polar surface area (TPSA) is 94.6 Å². The molecule has 6 unspecified atom stereocenters. The minimum atomic E-state index is -0.632. The summed E-state index contributed by atoms with van der Waals surface area (Å²) in [6.07, 6.45) is 0.712. The smallest absolute Gasteiger partial charge is 0.335 e. The molecule has 3 N–H and O–H groups in total. The lowest BCUT2D eigenvalue weighted by Gasteiger charge is -2.55. The highest BCUT2D eigenvalue weighted by atomic mass is 16.6. The van der Waals surface area contributed by atoms with Crippen molar-refractivity contribution in [3.63, 3.8) is 0 Å². The molecule has 0 aromatic heterocycles. The molecule has 1 spiro atoms. The van der Waals surface area contributed by atoms with Crippen LogP contribution in [0.1, 0.15) is 25.3 Å². The fraction of sp³-hybridized carbons (Fsp3) is 0.571. The summed E-state index contributed by atoms with van der Waals surface area (Å²) in [5.74, 6) is -0.175. The van der Waals surface area contributed by atoms with Crippen molar-refractivity contribution < 1.29 is 24.5 Å². The van der Waals surface area contributed by atoms with E-state index in [1.807, 2.05) is 13.0 Å². The highest BCUT2D eigenvalue weighted by Crippen LogP contribution is 2.68. The predicted molar refractivity (Wildman–Crippen MR) is 99.8 cm³/mol. The number of nitrogens with one attached hydrogen (secondary N) is 1. The molecule has 148 valence electrons. The summed E-state index contributed by atoms with van der Waals surface area (Å²) in [6, 6.07) is 5.42. The van der Waals surface area contributed by atoms with Gasteiger partial charge in [-0.3, -0.25) is 4.90 Å². The van der Waals surface area contributed by atoms with Gasteiger partial charge in [-0.2, -0.15) is 0 Å². The van der Waals surface area contributed by atoms with Gasteiger partial charge in [-0.1, -0.05) is 6.07 Å². The van der Waals surface area contributed by atoms with Crippen molar-refractivity contribution in [1.82, 2.24) is 4.90 Å². The van der Waals surface area contributed by atoms with Crippen LogP contribution in [0.2, 0.25) is 0 Å². The number of aliphatic hydroxyl groups is 1. The number of aromatic hydroxyl groups is 1. The Hall–Kier alpha value is -2.09. The molecule has 1 aromatic carbocycles. The number of benzene rings is 1. The van der Waals surface area contributed by atoms with Crippen LogP contribution in [0.15, 0.2) is 29.5 Å². The Labute approximate surface area is 162 Å². The van der Waals surface area contributed by atoms with Crippen molar-refractivity contribution in [3.05, 3.63) is 35.0 Å². The number of rotatable bonds is 2. The third-order valence-electron chi connectivity index (χ3n) is 7.84. The zero-order valence-electron chi connectivity index (χ0n) is 15.9. The molecule has 4 heterocycles. The predicted octanol–water partition coefficient (Wildman–Crippen LogP) is 1.11. The molecule has 0 saturated carbocycles. The van der Waals surface area contributed by atoms with Gasteiger partial charge < -0.3 is 25.0 Å². The van der Waals surface area contributed by atoms with Gasteiger partial charge in [-0.05, 0) is 37.9 Å². The Morgan fingerprint density at radius 3 is 3.04 bits per heavy atom. The van der Waals surface area contributed by atoms with Crippen LogP contribution in [0, 0.1) is 5.41 Å². The fourth-order valence-electron chi connectivity index (χ4n) is 6.83. The number of aliphatic hydroxyl groups excluding tert-OH is 1. The number of phenolic OH excluding ortho intramolecular Hbond substituents is 1. The summed E-state index contributed by atoms with van der Waals surface area (Å²) in [7, 11) is 1.40. The number of nitrogens with zero attached hydrogens (tertiary/aromatic N) is 1. The number of carbonyl (C=O) groups is 1. The molecule has 7 nitrogen and oxygen atoms in total. The van der Waals surface area contributed by atoms with Gasteiger partial charge in [-0.15, -0.1) is 0 Å². The van der Waals surface area contributed by atoms with E-state index in [2.05, 4.69) is 10.2 Å². The van der Waals surface area contributed by atoms with E-state index in [0.717, 1.165) is 36.5 Å². The minimum Gasteiger partial charge on any atom is -0.508 e. The van der Waals surface area contributed by atoms with Crippen LogP contribution in [0.5, 0.6) is 5.75 Å². The monoisotopic (exact) mass is 384 g/mol. The second-order valence-corrected chi connectivity index (χ2v) is 8.88. The first-order valence-corrected chi connectivity index (χ1v) is 9.93. The Balaban J connectivity index is 1.67. The molecule has 5 aliphatic rings. The zero-order chi connectivity index (χ0) is 19.4. The van der Waals surface area contributed by atoms with Gasteiger partial charge in [0.25, 0.3) is 0 Å². The van der Waals surface area contributed by atoms with E-state index in [1.165, 1.54) is 7.11 Å². The Morgan fingerprint density at radius 1 is 1.46 bits per heavy atom. The van der Waals surface area contributed by atoms with Gasteiger partial charge in [0.15, 0.2) is 0 Å². The molecule has 1 aliphatic carbocycles. The first-order valence-electron chi connectivity index (χ1n) is 9.93. The maximum Gasteiger partial charge on any atom is 0.335 e. The van der Waals surface area contributed by atoms with Crippen LogP contribution in [-0.2, 0) is 19.7 Å². The molecular formula is C21H24N2O5. The molecule has 28 heavy (non-hydrogen) atoms. The number of ether oxygens (including phenoxy) is 2. The molecule has 0 radical (unpaired) electrons. The summed E-state index contributed by atoms with van der Waals surface area (Å²) in [5.41, 5.74) is 2.39. The maximum absolute atomic E-state index is 12.9. The number of anilines is 1. The normalized spacial score (nSPS) is 40.8. The molecule has 7 heteroatoms. The van der Waals surface area contributed by atoms with E-state index in [9.17, 15) is 15.0 Å². The van der Waals surface area contributed by atoms with Gasteiger partial charge in [0.05, 0.1) is 36.4 Å². The summed E-state index contributed by atoms with van der Waals surface area (Å²) >= 11 is 0.